The first-order valence-electron chi connectivity index (χ1n) is 10.3. The van der Waals surface area contributed by atoms with Crippen molar-refractivity contribution >= 4 is 27.7 Å². The van der Waals surface area contributed by atoms with Gasteiger partial charge in [-0.15, -0.1) is 0 Å². The molecule has 1 N–H and O–H groups in total. The first-order chi connectivity index (χ1) is 14.0. The lowest BCUT2D eigenvalue weighted by atomic mass is 10.2. The van der Waals surface area contributed by atoms with Crippen molar-refractivity contribution in [1.29, 1.82) is 0 Å². The largest absolute Gasteiger partial charge is 0.390 e. The molecular formula is C23H30N4O2. The zero-order valence-electron chi connectivity index (χ0n) is 17.3. The van der Waals surface area contributed by atoms with Gasteiger partial charge < -0.3 is 14.6 Å². The SMILES string of the molecule is CN(C)C(=O)CN1CCN(C[C@@H](O)Cn2c3ccccc3c3ccccc32)CC1. The number of aromatic nitrogens is 1. The first kappa shape index (κ1) is 19.9. The fourth-order valence-corrected chi connectivity index (χ4v) is 4.23. The lowest BCUT2D eigenvalue weighted by molar-refractivity contribution is -0.130. The molecule has 0 saturated carbocycles. The van der Waals surface area contributed by atoms with Crippen molar-refractivity contribution in [2.24, 2.45) is 0 Å². The number of aliphatic hydroxyl groups excluding tert-OH is 1. The third kappa shape index (κ3) is 4.29. The van der Waals surface area contributed by atoms with E-state index in [1.54, 1.807) is 19.0 Å². The number of hydrogen-bond acceptors (Lipinski definition) is 4. The molecule has 1 fully saturated rings. The number of benzene rings is 2. The average molecular weight is 395 g/mol. The van der Waals surface area contributed by atoms with Crippen LogP contribution in [0.4, 0.5) is 0 Å². The Kier molecular flexibility index (Phi) is 5.85. The summed E-state index contributed by atoms with van der Waals surface area (Å²) in [6.07, 6.45) is -0.441. The van der Waals surface area contributed by atoms with Crippen LogP contribution in [-0.4, -0.2) is 89.7 Å². The number of amides is 1. The highest BCUT2D eigenvalue weighted by Crippen LogP contribution is 2.28. The zero-order valence-corrected chi connectivity index (χ0v) is 17.3. The number of carbonyl (C=O) groups is 1. The zero-order chi connectivity index (χ0) is 20.4. The number of β-amino-alcohol motifs (C(OH)–C–C–N with tert-alkyl or cyclic N) is 1. The van der Waals surface area contributed by atoms with E-state index in [9.17, 15) is 9.90 Å². The predicted octanol–water partition coefficient (Wildman–Crippen LogP) is 1.86. The number of nitrogens with zero attached hydrogens (tertiary/aromatic N) is 4. The number of fused-ring (bicyclic) bond motifs is 3. The maximum absolute atomic E-state index is 11.9. The summed E-state index contributed by atoms with van der Waals surface area (Å²) in [6, 6.07) is 16.8. The molecule has 1 aliphatic heterocycles. The Hall–Kier alpha value is -2.41. The lowest BCUT2D eigenvalue weighted by Crippen LogP contribution is -2.51. The number of aliphatic hydroxyl groups is 1. The van der Waals surface area contributed by atoms with Crippen molar-refractivity contribution in [3.05, 3.63) is 48.5 Å². The van der Waals surface area contributed by atoms with Crippen molar-refractivity contribution in [3.63, 3.8) is 0 Å². The van der Waals surface area contributed by atoms with Crippen LogP contribution in [0, 0.1) is 0 Å². The molecule has 154 valence electrons. The number of piperazine rings is 1. The number of carbonyl (C=O) groups excluding carboxylic acids is 1. The van der Waals surface area contributed by atoms with E-state index in [-0.39, 0.29) is 5.91 Å². The summed E-state index contributed by atoms with van der Waals surface area (Å²) in [4.78, 5) is 18.0. The molecule has 1 amide bonds. The van der Waals surface area contributed by atoms with Gasteiger partial charge in [0.25, 0.3) is 0 Å². The molecule has 6 heteroatoms. The molecule has 1 aliphatic rings. The van der Waals surface area contributed by atoms with E-state index in [4.69, 9.17) is 0 Å². The smallest absolute Gasteiger partial charge is 0.236 e. The molecule has 0 bridgehead atoms. The van der Waals surface area contributed by atoms with E-state index in [2.05, 4.69) is 62.9 Å². The summed E-state index contributed by atoms with van der Waals surface area (Å²) in [5.74, 6) is 0.143. The van der Waals surface area contributed by atoms with E-state index in [1.165, 1.54) is 21.8 Å². The minimum Gasteiger partial charge on any atom is -0.390 e. The van der Waals surface area contributed by atoms with Crippen LogP contribution in [0.1, 0.15) is 0 Å². The van der Waals surface area contributed by atoms with Gasteiger partial charge in [-0.3, -0.25) is 14.6 Å². The summed E-state index contributed by atoms with van der Waals surface area (Å²) in [5.41, 5.74) is 2.33. The van der Waals surface area contributed by atoms with Gasteiger partial charge in [0.15, 0.2) is 0 Å². The summed E-state index contributed by atoms with van der Waals surface area (Å²) in [6.45, 7) is 5.19. The number of para-hydroxylation sites is 2. The average Bonchev–Trinajstić information content (AvgIpc) is 3.03. The highest BCUT2D eigenvalue weighted by molar-refractivity contribution is 6.07. The summed E-state index contributed by atoms with van der Waals surface area (Å²) >= 11 is 0. The van der Waals surface area contributed by atoms with E-state index in [0.29, 0.717) is 19.6 Å². The Bertz CT molecular complexity index is 936. The molecule has 6 nitrogen and oxygen atoms in total. The molecule has 29 heavy (non-hydrogen) atoms. The maximum Gasteiger partial charge on any atom is 0.236 e. The molecule has 1 saturated heterocycles. The van der Waals surface area contributed by atoms with Crippen LogP contribution in [0.5, 0.6) is 0 Å². The Balaban J connectivity index is 1.40. The Labute approximate surface area is 171 Å². The van der Waals surface area contributed by atoms with E-state index >= 15 is 0 Å². The number of hydrogen-bond donors (Lipinski definition) is 1. The van der Waals surface area contributed by atoms with Crippen molar-refractivity contribution in [3.8, 4) is 0 Å². The molecule has 0 aliphatic carbocycles. The van der Waals surface area contributed by atoms with Crippen molar-refractivity contribution in [1.82, 2.24) is 19.3 Å². The van der Waals surface area contributed by atoms with E-state index < -0.39 is 6.10 Å². The van der Waals surface area contributed by atoms with Crippen LogP contribution in [0.3, 0.4) is 0 Å². The van der Waals surface area contributed by atoms with Gasteiger partial charge in [-0.2, -0.15) is 0 Å². The Morgan fingerprint density at radius 1 is 0.897 bits per heavy atom. The third-order valence-corrected chi connectivity index (χ3v) is 5.86. The summed E-state index contributed by atoms with van der Waals surface area (Å²) in [7, 11) is 3.59. The van der Waals surface area contributed by atoms with E-state index in [1.807, 2.05) is 0 Å². The van der Waals surface area contributed by atoms with Crippen LogP contribution < -0.4 is 0 Å². The molecule has 0 spiro atoms. The molecule has 0 unspecified atom stereocenters. The van der Waals surface area contributed by atoms with E-state index in [0.717, 1.165) is 26.2 Å². The molecule has 1 aromatic heterocycles. The van der Waals surface area contributed by atoms with Crippen molar-refractivity contribution in [2.75, 3.05) is 53.4 Å². The molecule has 4 rings (SSSR count). The maximum atomic E-state index is 11.9. The number of rotatable bonds is 6. The minimum atomic E-state index is -0.441. The van der Waals surface area contributed by atoms with Crippen molar-refractivity contribution in [2.45, 2.75) is 12.6 Å². The van der Waals surface area contributed by atoms with Crippen LogP contribution in [0.25, 0.3) is 21.8 Å². The highest BCUT2D eigenvalue weighted by Gasteiger charge is 2.22. The highest BCUT2D eigenvalue weighted by atomic mass is 16.3. The molecule has 1 atom stereocenters. The monoisotopic (exact) mass is 394 g/mol. The normalized spacial score (nSPS) is 17.1. The van der Waals surface area contributed by atoms with Gasteiger partial charge in [0, 0.05) is 68.6 Å². The van der Waals surface area contributed by atoms with Crippen LogP contribution in [0.15, 0.2) is 48.5 Å². The second-order valence-electron chi connectivity index (χ2n) is 8.16. The third-order valence-electron chi connectivity index (χ3n) is 5.86. The topological polar surface area (TPSA) is 52.0 Å². The van der Waals surface area contributed by atoms with Crippen LogP contribution in [0.2, 0.25) is 0 Å². The van der Waals surface area contributed by atoms with Gasteiger partial charge in [0.2, 0.25) is 5.91 Å². The predicted molar refractivity (Wildman–Crippen MR) is 117 cm³/mol. The van der Waals surface area contributed by atoms with Gasteiger partial charge in [-0.1, -0.05) is 36.4 Å². The van der Waals surface area contributed by atoms with Gasteiger partial charge in [-0.25, -0.2) is 0 Å². The molecule has 2 heterocycles. The second-order valence-corrected chi connectivity index (χ2v) is 8.16. The second kappa shape index (κ2) is 8.53. The first-order valence-corrected chi connectivity index (χ1v) is 10.3. The van der Waals surface area contributed by atoms with Gasteiger partial charge in [0.05, 0.1) is 19.2 Å². The molecular weight excluding hydrogens is 364 g/mol. The molecule has 3 aromatic rings. The van der Waals surface area contributed by atoms with Gasteiger partial charge >= 0.3 is 0 Å². The quantitative estimate of drug-likeness (QED) is 0.693. The van der Waals surface area contributed by atoms with Gasteiger partial charge in [0.1, 0.15) is 0 Å². The van der Waals surface area contributed by atoms with Crippen LogP contribution in [-0.2, 0) is 11.3 Å². The Morgan fingerprint density at radius 3 is 1.97 bits per heavy atom. The minimum absolute atomic E-state index is 0.143. The fraction of sp³-hybridized carbons (Fsp3) is 0.435. The number of likely N-dealkylation sites (N-methyl/N-ethyl adjacent to an activating group) is 1. The summed E-state index contributed by atoms with van der Waals surface area (Å²) in [5, 5.41) is 13.3. The summed E-state index contributed by atoms with van der Waals surface area (Å²) < 4.78 is 2.24. The molecule has 2 aromatic carbocycles. The van der Waals surface area contributed by atoms with Gasteiger partial charge in [-0.05, 0) is 12.1 Å². The molecule has 0 radical (unpaired) electrons. The lowest BCUT2D eigenvalue weighted by Gasteiger charge is -2.35. The Morgan fingerprint density at radius 2 is 1.41 bits per heavy atom. The van der Waals surface area contributed by atoms with Crippen LogP contribution >= 0.6 is 0 Å². The van der Waals surface area contributed by atoms with Crippen molar-refractivity contribution < 1.29 is 9.90 Å². The standard InChI is InChI=1S/C23H30N4O2/c1-24(2)23(29)17-26-13-11-25(12-14-26)15-18(28)16-27-21-9-5-3-7-19(21)20-8-4-6-10-22(20)27/h3-10,18,28H,11-17H2,1-2H3/t18-/m1/s1. The fourth-order valence-electron chi connectivity index (χ4n) is 4.23.